The van der Waals surface area contributed by atoms with Crippen molar-refractivity contribution in [2.45, 2.75) is 19.3 Å². The molecular weight excluding hydrogens is 232 g/mol. The van der Waals surface area contributed by atoms with Crippen molar-refractivity contribution < 1.29 is 4.79 Å². The number of carbonyl (C=O) groups excluding carboxylic acids is 1. The predicted octanol–water partition coefficient (Wildman–Crippen LogP) is 0.887. The molecule has 1 aliphatic heterocycles. The highest BCUT2D eigenvalue weighted by molar-refractivity contribution is 9.09. The van der Waals surface area contributed by atoms with Crippen molar-refractivity contribution in [1.82, 2.24) is 10.6 Å². The monoisotopic (exact) mass is 248 g/mol. The van der Waals surface area contributed by atoms with Crippen molar-refractivity contribution in [2.24, 2.45) is 5.92 Å². The van der Waals surface area contributed by atoms with Crippen molar-refractivity contribution in [3.05, 3.63) is 0 Å². The van der Waals surface area contributed by atoms with Crippen LogP contribution >= 0.6 is 15.9 Å². The van der Waals surface area contributed by atoms with Gasteiger partial charge in [-0.1, -0.05) is 15.9 Å². The summed E-state index contributed by atoms with van der Waals surface area (Å²) in [4.78, 5) is 10.9. The molecule has 1 heterocycles. The molecule has 0 unspecified atom stereocenters. The van der Waals surface area contributed by atoms with Crippen LogP contribution in [0.15, 0.2) is 0 Å². The van der Waals surface area contributed by atoms with E-state index in [1.165, 1.54) is 12.8 Å². The fourth-order valence-electron chi connectivity index (χ4n) is 1.63. The first kappa shape index (κ1) is 11.0. The summed E-state index contributed by atoms with van der Waals surface area (Å²) in [6.07, 6.45) is 3.63. The normalized spacial score (nSPS) is 18.5. The summed E-state index contributed by atoms with van der Waals surface area (Å²) in [5, 5.41) is 6.62. The molecule has 0 saturated carbocycles. The number of hydrogen-bond donors (Lipinski definition) is 2. The molecule has 1 saturated heterocycles. The Morgan fingerprint density at radius 3 is 2.77 bits per heavy atom. The molecule has 1 rings (SSSR count). The topological polar surface area (TPSA) is 41.1 Å². The van der Waals surface area contributed by atoms with Crippen molar-refractivity contribution in [2.75, 3.05) is 25.0 Å². The molecular formula is C9H17BrN2O. The van der Waals surface area contributed by atoms with Gasteiger partial charge in [-0.05, 0) is 38.3 Å². The van der Waals surface area contributed by atoms with Crippen molar-refractivity contribution in [1.29, 1.82) is 0 Å². The van der Waals surface area contributed by atoms with Crippen molar-refractivity contribution in [3.8, 4) is 0 Å². The van der Waals surface area contributed by atoms with E-state index >= 15 is 0 Å². The average molecular weight is 249 g/mol. The molecule has 4 heteroatoms. The number of halogens is 1. The van der Waals surface area contributed by atoms with Crippen LogP contribution in [0.3, 0.4) is 0 Å². The lowest BCUT2D eigenvalue weighted by atomic mass is 9.95. The minimum Gasteiger partial charge on any atom is -0.355 e. The van der Waals surface area contributed by atoms with Crippen LogP contribution in [0.5, 0.6) is 0 Å². The first-order valence-corrected chi connectivity index (χ1v) is 5.98. The summed E-state index contributed by atoms with van der Waals surface area (Å²) >= 11 is 3.12. The summed E-state index contributed by atoms with van der Waals surface area (Å²) in [6, 6.07) is 0. The van der Waals surface area contributed by atoms with E-state index in [-0.39, 0.29) is 5.91 Å². The maximum Gasteiger partial charge on any atom is 0.230 e. The molecule has 0 atom stereocenters. The van der Waals surface area contributed by atoms with Gasteiger partial charge < -0.3 is 10.6 Å². The van der Waals surface area contributed by atoms with E-state index in [0.29, 0.717) is 5.33 Å². The molecule has 13 heavy (non-hydrogen) atoms. The van der Waals surface area contributed by atoms with Gasteiger partial charge in [0, 0.05) is 6.54 Å². The molecule has 76 valence electrons. The quantitative estimate of drug-likeness (QED) is 0.726. The Bertz CT molecular complexity index is 158. The third-order valence-corrected chi connectivity index (χ3v) is 2.96. The van der Waals surface area contributed by atoms with E-state index in [0.717, 1.165) is 32.0 Å². The second-order valence-corrected chi connectivity index (χ2v) is 4.03. The Labute approximate surface area is 87.8 Å². The van der Waals surface area contributed by atoms with Crippen molar-refractivity contribution in [3.63, 3.8) is 0 Å². The third kappa shape index (κ3) is 4.62. The van der Waals surface area contributed by atoms with Gasteiger partial charge in [-0.2, -0.15) is 0 Å². The molecule has 0 radical (unpaired) electrons. The van der Waals surface area contributed by atoms with E-state index in [1.807, 2.05) is 0 Å². The average Bonchev–Trinajstić information content (AvgIpc) is 2.19. The van der Waals surface area contributed by atoms with Crippen LogP contribution in [0.2, 0.25) is 0 Å². The minimum absolute atomic E-state index is 0.0916. The Morgan fingerprint density at radius 1 is 1.46 bits per heavy atom. The highest BCUT2D eigenvalue weighted by atomic mass is 79.9. The van der Waals surface area contributed by atoms with Crippen LogP contribution < -0.4 is 10.6 Å². The molecule has 0 aliphatic carbocycles. The highest BCUT2D eigenvalue weighted by Gasteiger charge is 2.12. The van der Waals surface area contributed by atoms with Crippen LogP contribution in [0.25, 0.3) is 0 Å². The minimum atomic E-state index is 0.0916. The molecule has 3 nitrogen and oxygen atoms in total. The number of alkyl halides is 1. The predicted molar refractivity (Wildman–Crippen MR) is 57.0 cm³/mol. The molecule has 0 spiro atoms. The van der Waals surface area contributed by atoms with Gasteiger partial charge in [0.15, 0.2) is 0 Å². The van der Waals surface area contributed by atoms with Gasteiger partial charge in [0.2, 0.25) is 5.91 Å². The van der Waals surface area contributed by atoms with Crippen LogP contribution in [0, 0.1) is 5.92 Å². The number of carbonyl (C=O) groups is 1. The maximum atomic E-state index is 10.9. The number of rotatable bonds is 4. The Hall–Kier alpha value is -0.0900. The molecule has 0 bridgehead atoms. The standard InChI is InChI=1S/C9H17BrN2O/c10-7-9(13)12-6-3-8-1-4-11-5-2-8/h8,11H,1-7H2,(H,12,13). The molecule has 1 aliphatic rings. The summed E-state index contributed by atoms with van der Waals surface area (Å²) in [5.74, 6) is 0.894. The van der Waals surface area contributed by atoms with Gasteiger partial charge in [0.25, 0.3) is 0 Å². The second-order valence-electron chi connectivity index (χ2n) is 3.47. The SMILES string of the molecule is O=C(CBr)NCCC1CCNCC1. The Balaban J connectivity index is 2.01. The number of hydrogen-bond acceptors (Lipinski definition) is 2. The summed E-state index contributed by atoms with van der Waals surface area (Å²) < 4.78 is 0. The van der Waals surface area contributed by atoms with Gasteiger partial charge in [-0.15, -0.1) is 0 Å². The van der Waals surface area contributed by atoms with E-state index in [2.05, 4.69) is 26.6 Å². The van der Waals surface area contributed by atoms with E-state index in [4.69, 9.17) is 0 Å². The van der Waals surface area contributed by atoms with E-state index < -0.39 is 0 Å². The van der Waals surface area contributed by atoms with Crippen LogP contribution in [0.1, 0.15) is 19.3 Å². The number of piperidine rings is 1. The van der Waals surface area contributed by atoms with Gasteiger partial charge >= 0.3 is 0 Å². The molecule has 1 amide bonds. The van der Waals surface area contributed by atoms with E-state index in [1.54, 1.807) is 0 Å². The lowest BCUT2D eigenvalue weighted by Gasteiger charge is -2.22. The molecule has 2 N–H and O–H groups in total. The lowest BCUT2D eigenvalue weighted by molar-refractivity contribution is -0.118. The zero-order valence-electron chi connectivity index (χ0n) is 7.81. The Kier molecular flexibility index (Phi) is 5.39. The molecule has 0 aromatic rings. The van der Waals surface area contributed by atoms with Gasteiger partial charge in [0.1, 0.15) is 0 Å². The molecule has 0 aromatic heterocycles. The molecule has 0 aromatic carbocycles. The fraction of sp³-hybridized carbons (Fsp3) is 0.889. The third-order valence-electron chi connectivity index (χ3n) is 2.45. The zero-order chi connectivity index (χ0) is 9.52. The van der Waals surface area contributed by atoms with Crippen LogP contribution in [0.4, 0.5) is 0 Å². The van der Waals surface area contributed by atoms with E-state index in [9.17, 15) is 4.79 Å². The lowest BCUT2D eigenvalue weighted by Crippen LogP contribution is -2.31. The number of amides is 1. The zero-order valence-corrected chi connectivity index (χ0v) is 9.40. The summed E-state index contributed by atoms with van der Waals surface area (Å²) in [7, 11) is 0. The van der Waals surface area contributed by atoms with Crippen molar-refractivity contribution >= 4 is 21.8 Å². The largest absolute Gasteiger partial charge is 0.355 e. The van der Waals surface area contributed by atoms with Crippen LogP contribution in [-0.2, 0) is 4.79 Å². The summed E-state index contributed by atoms with van der Waals surface area (Å²) in [6.45, 7) is 3.10. The highest BCUT2D eigenvalue weighted by Crippen LogP contribution is 2.14. The maximum absolute atomic E-state index is 10.9. The summed E-state index contributed by atoms with van der Waals surface area (Å²) in [5.41, 5.74) is 0. The second kappa shape index (κ2) is 6.38. The van der Waals surface area contributed by atoms with Gasteiger partial charge in [-0.3, -0.25) is 4.79 Å². The first-order valence-electron chi connectivity index (χ1n) is 4.86. The van der Waals surface area contributed by atoms with Gasteiger partial charge in [0.05, 0.1) is 5.33 Å². The smallest absolute Gasteiger partial charge is 0.230 e. The first-order chi connectivity index (χ1) is 6.33. The number of nitrogens with one attached hydrogen (secondary N) is 2. The van der Waals surface area contributed by atoms with Crippen LogP contribution in [-0.4, -0.2) is 30.9 Å². The fourth-order valence-corrected chi connectivity index (χ4v) is 1.83. The molecule has 1 fully saturated rings. The van der Waals surface area contributed by atoms with Gasteiger partial charge in [-0.25, -0.2) is 0 Å². The Morgan fingerprint density at radius 2 is 2.15 bits per heavy atom.